The molecule has 7 heteroatoms. The molecule has 1 aliphatic carbocycles. The van der Waals surface area contributed by atoms with Crippen molar-refractivity contribution in [2.45, 2.75) is 84.0 Å². The first-order chi connectivity index (χ1) is 13.1. The largest absolute Gasteiger partial charge is 0.417 e. The van der Waals surface area contributed by atoms with Crippen molar-refractivity contribution in [1.29, 1.82) is 0 Å². The van der Waals surface area contributed by atoms with Gasteiger partial charge in [-0.25, -0.2) is 10.0 Å². The molecule has 0 aromatic carbocycles. The van der Waals surface area contributed by atoms with Gasteiger partial charge in [-0.05, 0) is 56.7 Å². The average Bonchev–Trinajstić information content (AvgIpc) is 3.27. The van der Waals surface area contributed by atoms with Crippen LogP contribution in [0.2, 0.25) is 18.1 Å². The van der Waals surface area contributed by atoms with Gasteiger partial charge in [0.1, 0.15) is 6.04 Å². The number of carbonyl (C=O) groups excluding carboxylic acids is 1. The summed E-state index contributed by atoms with van der Waals surface area (Å²) in [4.78, 5) is 23.4. The third-order valence-electron chi connectivity index (χ3n) is 6.78. The smallest absolute Gasteiger partial charge is 0.249 e. The second-order valence-corrected chi connectivity index (χ2v) is 15.8. The van der Waals surface area contributed by atoms with E-state index >= 15 is 0 Å². The van der Waals surface area contributed by atoms with Crippen molar-refractivity contribution in [2.24, 2.45) is 11.8 Å². The van der Waals surface area contributed by atoms with Crippen LogP contribution in [-0.2, 0) is 14.1 Å². The number of hydrogen-bond acceptors (Lipinski definition) is 5. The minimum absolute atomic E-state index is 0.0166. The molecule has 1 aromatic rings. The zero-order valence-corrected chi connectivity index (χ0v) is 20.1. The van der Waals surface area contributed by atoms with E-state index in [-0.39, 0.29) is 22.9 Å². The lowest BCUT2D eigenvalue weighted by Crippen LogP contribution is -2.42. The molecule has 0 spiro atoms. The maximum Gasteiger partial charge on any atom is 0.249 e. The third kappa shape index (κ3) is 4.86. The summed E-state index contributed by atoms with van der Waals surface area (Å²) >= 11 is 1.63. The van der Waals surface area contributed by atoms with E-state index < -0.39 is 8.32 Å². The molecule has 0 unspecified atom stereocenters. The molecular formula is C21H36N2O3SSi. The Hall–Kier alpha value is -0.763. The molecule has 1 aromatic heterocycles. The van der Waals surface area contributed by atoms with E-state index in [1.165, 1.54) is 0 Å². The fourth-order valence-corrected chi connectivity index (χ4v) is 5.53. The molecule has 158 valence electrons. The summed E-state index contributed by atoms with van der Waals surface area (Å²) in [7, 11) is -1.69. The molecule has 1 saturated heterocycles. The fourth-order valence-electron chi connectivity index (χ4n) is 3.79. The summed E-state index contributed by atoms with van der Waals surface area (Å²) in [6, 6.07) is -0.0166. The number of hydrogen-bond donors (Lipinski definition) is 0. The van der Waals surface area contributed by atoms with E-state index in [1.54, 1.807) is 16.4 Å². The Morgan fingerprint density at radius 1 is 1.29 bits per heavy atom. The van der Waals surface area contributed by atoms with E-state index in [9.17, 15) is 4.79 Å². The number of aromatic nitrogens is 1. The van der Waals surface area contributed by atoms with Crippen LogP contribution in [-0.4, -0.2) is 37.5 Å². The van der Waals surface area contributed by atoms with Crippen molar-refractivity contribution in [2.75, 3.05) is 13.2 Å². The molecule has 3 rings (SSSR count). The third-order valence-corrected chi connectivity index (χ3v) is 12.1. The minimum atomic E-state index is -1.69. The van der Waals surface area contributed by atoms with Crippen molar-refractivity contribution in [3.63, 3.8) is 0 Å². The molecule has 2 fully saturated rings. The first-order valence-electron chi connectivity index (χ1n) is 10.6. The Kier molecular flexibility index (Phi) is 6.69. The molecule has 28 heavy (non-hydrogen) atoms. The normalized spacial score (nSPS) is 26.6. The van der Waals surface area contributed by atoms with E-state index in [0.717, 1.165) is 49.4 Å². The quantitative estimate of drug-likeness (QED) is 0.587. The van der Waals surface area contributed by atoms with Crippen LogP contribution in [0.4, 0.5) is 0 Å². The highest BCUT2D eigenvalue weighted by Gasteiger charge is 2.40. The van der Waals surface area contributed by atoms with Crippen molar-refractivity contribution in [1.82, 2.24) is 10.0 Å². The number of amides is 1. The van der Waals surface area contributed by atoms with Crippen LogP contribution < -0.4 is 0 Å². The second-order valence-electron chi connectivity index (χ2n) is 9.88. The van der Waals surface area contributed by atoms with Gasteiger partial charge in [0.05, 0.1) is 17.3 Å². The van der Waals surface area contributed by atoms with Gasteiger partial charge in [0.2, 0.25) is 5.91 Å². The zero-order valence-electron chi connectivity index (χ0n) is 18.3. The minimum Gasteiger partial charge on any atom is -0.417 e. The predicted octanol–water partition coefficient (Wildman–Crippen LogP) is 5.48. The number of thiazole rings is 1. The van der Waals surface area contributed by atoms with Crippen LogP contribution in [0.5, 0.6) is 0 Å². The van der Waals surface area contributed by atoms with Crippen molar-refractivity contribution >= 4 is 25.6 Å². The summed E-state index contributed by atoms with van der Waals surface area (Å²) in [6.07, 6.45) is 4.85. The summed E-state index contributed by atoms with van der Waals surface area (Å²) in [5, 5.41) is 4.97. The first-order valence-corrected chi connectivity index (χ1v) is 14.4. The Morgan fingerprint density at radius 3 is 2.54 bits per heavy atom. The molecule has 0 bridgehead atoms. The molecule has 1 saturated carbocycles. The van der Waals surface area contributed by atoms with Crippen LogP contribution in [0.3, 0.4) is 0 Å². The van der Waals surface area contributed by atoms with Crippen molar-refractivity contribution in [3.05, 3.63) is 16.1 Å². The van der Waals surface area contributed by atoms with Crippen molar-refractivity contribution < 1.29 is 14.1 Å². The van der Waals surface area contributed by atoms with Gasteiger partial charge >= 0.3 is 0 Å². The maximum absolute atomic E-state index is 13.1. The van der Waals surface area contributed by atoms with Gasteiger partial charge in [-0.3, -0.25) is 9.63 Å². The Bertz CT molecular complexity index is 677. The fraction of sp³-hybridized carbons (Fsp3) is 0.810. The lowest BCUT2D eigenvalue weighted by atomic mass is 9.82. The summed E-state index contributed by atoms with van der Waals surface area (Å²) in [5.41, 5.74) is 0.977. The SMILES string of the molecule is Cc1nc([C@@H]2CCON2C(=O)[C@H]2CC[C@H](CO[Si](C)(C)C(C)(C)C)CC2)cs1. The zero-order chi connectivity index (χ0) is 20.5. The van der Waals surface area contributed by atoms with Crippen LogP contribution in [0.25, 0.3) is 0 Å². The molecule has 0 N–H and O–H groups in total. The van der Waals surface area contributed by atoms with E-state index in [4.69, 9.17) is 9.26 Å². The highest BCUT2D eigenvalue weighted by atomic mass is 32.1. The molecule has 1 aliphatic heterocycles. The Balaban J connectivity index is 1.51. The van der Waals surface area contributed by atoms with Crippen LogP contribution in [0.1, 0.15) is 69.6 Å². The summed E-state index contributed by atoms with van der Waals surface area (Å²) in [6.45, 7) is 14.9. The second kappa shape index (κ2) is 8.54. The highest BCUT2D eigenvalue weighted by molar-refractivity contribution is 7.09. The molecule has 0 radical (unpaired) electrons. The van der Waals surface area contributed by atoms with Gasteiger partial charge in [0, 0.05) is 24.3 Å². The van der Waals surface area contributed by atoms with E-state index in [1.807, 2.05) is 6.92 Å². The molecular weight excluding hydrogens is 388 g/mol. The average molecular weight is 425 g/mol. The van der Waals surface area contributed by atoms with Crippen LogP contribution in [0, 0.1) is 18.8 Å². The van der Waals surface area contributed by atoms with Crippen LogP contribution in [0.15, 0.2) is 5.38 Å². The number of carbonyl (C=O) groups is 1. The van der Waals surface area contributed by atoms with Gasteiger partial charge in [-0.2, -0.15) is 0 Å². The number of aryl methyl sites for hydroxylation is 1. The summed E-state index contributed by atoms with van der Waals surface area (Å²) in [5.74, 6) is 0.802. The van der Waals surface area contributed by atoms with Crippen LogP contribution >= 0.6 is 11.3 Å². The lowest BCUT2D eigenvalue weighted by molar-refractivity contribution is -0.183. The monoisotopic (exact) mass is 424 g/mol. The van der Waals surface area contributed by atoms with Gasteiger partial charge < -0.3 is 4.43 Å². The first kappa shape index (κ1) is 21.9. The summed E-state index contributed by atoms with van der Waals surface area (Å²) < 4.78 is 6.42. The van der Waals surface area contributed by atoms with E-state index in [0.29, 0.717) is 12.5 Å². The topological polar surface area (TPSA) is 51.7 Å². The number of hydroxylamine groups is 2. The van der Waals surface area contributed by atoms with Gasteiger partial charge in [0.25, 0.3) is 0 Å². The Morgan fingerprint density at radius 2 is 1.96 bits per heavy atom. The van der Waals surface area contributed by atoms with E-state index in [2.05, 4.69) is 44.2 Å². The number of nitrogens with zero attached hydrogens (tertiary/aromatic N) is 2. The van der Waals surface area contributed by atoms with Gasteiger partial charge in [-0.1, -0.05) is 20.8 Å². The van der Waals surface area contributed by atoms with Crippen molar-refractivity contribution in [3.8, 4) is 0 Å². The number of rotatable bonds is 5. The predicted molar refractivity (Wildman–Crippen MR) is 116 cm³/mol. The highest BCUT2D eigenvalue weighted by Crippen LogP contribution is 2.39. The molecule has 1 atom stereocenters. The molecule has 2 aliphatic rings. The van der Waals surface area contributed by atoms with Gasteiger partial charge in [0.15, 0.2) is 8.32 Å². The molecule has 5 nitrogen and oxygen atoms in total. The molecule has 2 heterocycles. The lowest BCUT2D eigenvalue weighted by Gasteiger charge is -2.38. The maximum atomic E-state index is 13.1. The molecule has 1 amide bonds. The standard InChI is InChI=1S/C21H36N2O3SSi/c1-15-22-18(14-27-15)19-11-12-25-23(19)20(24)17-9-7-16(8-10-17)13-26-28(5,6)21(2,3)4/h14,16-17,19H,7-13H2,1-6H3/t16-,17-,19-/m0/s1. The Labute approximate surface area is 174 Å². The van der Waals surface area contributed by atoms with Gasteiger partial charge in [-0.15, -0.1) is 11.3 Å².